The van der Waals surface area contributed by atoms with Crippen molar-refractivity contribution in [3.8, 4) is 5.75 Å². The van der Waals surface area contributed by atoms with Crippen molar-refractivity contribution in [1.82, 2.24) is 0 Å². The lowest BCUT2D eigenvalue weighted by atomic mass is 9.60. The Bertz CT molecular complexity index is 777. The molecular formula is C18H20O7S. The fraction of sp³-hybridized carbons (Fsp3) is 0.500. The minimum Gasteiger partial charge on any atom is -0.399 e. The average molecular weight is 380 g/mol. The zero-order valence-corrected chi connectivity index (χ0v) is 15.1. The third kappa shape index (κ3) is 2.45. The maximum Gasteiger partial charge on any atom is 0.261 e. The molecule has 1 aromatic rings. The summed E-state index contributed by atoms with van der Waals surface area (Å²) in [6.45, 7) is 1.93. The van der Waals surface area contributed by atoms with Crippen LogP contribution in [0.3, 0.4) is 0 Å². The molecule has 1 saturated carbocycles. The van der Waals surface area contributed by atoms with Gasteiger partial charge in [0.2, 0.25) is 0 Å². The summed E-state index contributed by atoms with van der Waals surface area (Å²) >= 11 is 0.520. The van der Waals surface area contributed by atoms with Crippen molar-refractivity contribution in [2.45, 2.75) is 51.0 Å². The Kier molecular flexibility index (Phi) is 4.58. The number of Topliss-reactive ketones (excluding diaryl/α,β-unsaturated/α-hetero) is 1. The molecule has 26 heavy (non-hydrogen) atoms. The van der Waals surface area contributed by atoms with Crippen LogP contribution in [-0.2, 0) is 25.5 Å². The smallest absolute Gasteiger partial charge is 0.261 e. The summed E-state index contributed by atoms with van der Waals surface area (Å²) in [6.07, 6.45) is 3.93. The first-order chi connectivity index (χ1) is 12.6. The van der Waals surface area contributed by atoms with Crippen LogP contribution in [-0.4, -0.2) is 21.9 Å². The largest absolute Gasteiger partial charge is 0.399 e. The lowest BCUT2D eigenvalue weighted by Gasteiger charge is -2.47. The minimum atomic E-state index is -0.896. The first-order valence-corrected chi connectivity index (χ1v) is 9.25. The summed E-state index contributed by atoms with van der Waals surface area (Å²) in [7, 11) is 0. The molecule has 2 atom stereocenters. The van der Waals surface area contributed by atoms with E-state index in [2.05, 4.69) is 9.37 Å². The van der Waals surface area contributed by atoms with E-state index >= 15 is 0 Å². The third-order valence-electron chi connectivity index (χ3n) is 6.33. The Labute approximate surface area is 155 Å². The molecule has 0 amide bonds. The van der Waals surface area contributed by atoms with Gasteiger partial charge in [-0.05, 0) is 73.4 Å². The van der Waals surface area contributed by atoms with Crippen LogP contribution in [0.4, 0.5) is 0 Å². The highest BCUT2D eigenvalue weighted by Crippen LogP contribution is 2.60. The molecule has 7 nitrogen and oxygen atoms in total. The second-order valence-corrected chi connectivity index (χ2v) is 7.68. The Morgan fingerprint density at radius 2 is 1.96 bits per heavy atom. The van der Waals surface area contributed by atoms with E-state index in [0.717, 1.165) is 36.0 Å². The Balaban J connectivity index is 1.71. The molecule has 3 aliphatic rings. The van der Waals surface area contributed by atoms with E-state index in [1.54, 1.807) is 0 Å². The molecule has 0 spiro atoms. The van der Waals surface area contributed by atoms with Gasteiger partial charge < -0.3 is 4.18 Å². The highest BCUT2D eigenvalue weighted by Gasteiger charge is 2.63. The Hall–Kier alpha value is -1.42. The van der Waals surface area contributed by atoms with Crippen LogP contribution in [0.2, 0.25) is 0 Å². The van der Waals surface area contributed by atoms with Crippen LogP contribution in [0.1, 0.15) is 50.2 Å². The summed E-state index contributed by atoms with van der Waals surface area (Å²) in [5.74, 6) is 0.760. The summed E-state index contributed by atoms with van der Waals surface area (Å²) in [6, 6.07) is 5.71. The topological polar surface area (TPSA) is 94.5 Å². The van der Waals surface area contributed by atoms with Gasteiger partial charge in [0.05, 0.1) is 5.41 Å². The van der Waals surface area contributed by atoms with Crippen molar-refractivity contribution in [2.24, 2.45) is 5.41 Å². The van der Waals surface area contributed by atoms with Gasteiger partial charge in [-0.3, -0.25) is 10.1 Å². The van der Waals surface area contributed by atoms with Gasteiger partial charge >= 0.3 is 0 Å². The first-order valence-electron chi connectivity index (χ1n) is 8.59. The number of aryl methyl sites for hydroxylation is 1. The Morgan fingerprint density at radius 3 is 2.73 bits per heavy atom. The predicted octanol–water partition coefficient (Wildman–Crippen LogP) is 4.14. The zero-order valence-electron chi connectivity index (χ0n) is 14.3. The van der Waals surface area contributed by atoms with E-state index in [1.807, 2.05) is 25.1 Å². The normalized spacial score (nSPS) is 30.0. The van der Waals surface area contributed by atoms with Crippen LogP contribution in [0, 0.1) is 5.41 Å². The third-order valence-corrected chi connectivity index (χ3v) is 6.70. The zero-order chi connectivity index (χ0) is 18.4. The highest BCUT2D eigenvalue weighted by atomic mass is 32.2. The monoisotopic (exact) mass is 380 g/mol. The molecule has 0 heterocycles. The van der Waals surface area contributed by atoms with Crippen molar-refractivity contribution in [3.05, 3.63) is 34.9 Å². The number of allylic oxidation sites excluding steroid dienone is 1. The van der Waals surface area contributed by atoms with E-state index in [0.29, 0.717) is 37.3 Å². The van der Waals surface area contributed by atoms with Gasteiger partial charge in [-0.1, -0.05) is 15.4 Å². The number of ketones is 1. The molecule has 1 fully saturated rings. The van der Waals surface area contributed by atoms with Crippen molar-refractivity contribution in [3.63, 3.8) is 0 Å². The van der Waals surface area contributed by atoms with E-state index in [9.17, 15) is 10.1 Å². The lowest BCUT2D eigenvalue weighted by Crippen LogP contribution is -2.51. The number of hydrogen-bond acceptors (Lipinski definition) is 8. The van der Waals surface area contributed by atoms with Gasteiger partial charge in [0.1, 0.15) is 17.1 Å². The molecule has 2 N–H and O–H groups in total. The van der Waals surface area contributed by atoms with Gasteiger partial charge in [0.25, 0.3) is 12.3 Å². The molecule has 1 unspecified atom stereocenters. The summed E-state index contributed by atoms with van der Waals surface area (Å²) in [4.78, 5) is 17.6. The van der Waals surface area contributed by atoms with Gasteiger partial charge in [-0.25, -0.2) is 10.1 Å². The molecule has 0 saturated heterocycles. The van der Waals surface area contributed by atoms with E-state index in [4.69, 9.17) is 14.3 Å². The summed E-state index contributed by atoms with van der Waals surface area (Å²) < 4.78 is 9.50. The molecule has 0 radical (unpaired) electrons. The van der Waals surface area contributed by atoms with Crippen LogP contribution < -0.4 is 4.18 Å². The van der Waals surface area contributed by atoms with Gasteiger partial charge in [0.15, 0.2) is 0 Å². The lowest BCUT2D eigenvalue weighted by molar-refractivity contribution is -0.433. The van der Waals surface area contributed by atoms with E-state index < -0.39 is 11.0 Å². The van der Waals surface area contributed by atoms with Crippen molar-refractivity contribution < 1.29 is 33.8 Å². The van der Waals surface area contributed by atoms with Crippen molar-refractivity contribution in [1.29, 1.82) is 0 Å². The fourth-order valence-corrected chi connectivity index (χ4v) is 5.20. The molecular weight excluding hydrogens is 360 g/mol. The number of hydrogen-bond donors (Lipinski definition) is 2. The number of carbonyl (C=O) groups is 1. The highest BCUT2D eigenvalue weighted by molar-refractivity contribution is 7.90. The van der Waals surface area contributed by atoms with E-state index in [-0.39, 0.29) is 5.78 Å². The maximum absolute atomic E-state index is 12.5. The minimum absolute atomic E-state index is 0.177. The molecule has 8 heteroatoms. The second kappa shape index (κ2) is 6.63. The maximum atomic E-state index is 12.5. The number of carbonyl (C=O) groups excluding carboxylic acids is 1. The second-order valence-electron chi connectivity index (χ2n) is 7.24. The average Bonchev–Trinajstić information content (AvgIpc) is 2.93. The molecule has 140 valence electrons. The fourth-order valence-electron chi connectivity index (χ4n) is 4.96. The SMILES string of the molecule is C[C@]12CCC3=C(CCc4cc(OSOOO)ccc43)C1(OO)CCC2=O. The molecule has 0 aliphatic heterocycles. The summed E-state index contributed by atoms with van der Waals surface area (Å²) in [5.41, 5.74) is 2.92. The molecule has 0 bridgehead atoms. The van der Waals surface area contributed by atoms with Crippen LogP contribution >= 0.6 is 12.3 Å². The number of benzene rings is 1. The van der Waals surface area contributed by atoms with Gasteiger partial charge in [-0.2, -0.15) is 0 Å². The summed E-state index contributed by atoms with van der Waals surface area (Å²) in [5, 5.41) is 21.5. The standard InChI is InChI=1S/C18H20O7S/c1-17-8-6-14-13-4-3-12(22-26-25-24-21)10-11(13)2-5-15(14)18(17,23-20)9-7-16(17)19/h3-4,10,20-21H,2,5-9H2,1H3/t17-,18?/m1/s1. The van der Waals surface area contributed by atoms with Crippen LogP contribution in [0.25, 0.3) is 5.57 Å². The van der Waals surface area contributed by atoms with Crippen LogP contribution in [0.15, 0.2) is 23.8 Å². The van der Waals surface area contributed by atoms with E-state index in [1.165, 1.54) is 5.57 Å². The number of fused-ring (bicyclic) bond motifs is 4. The number of rotatable bonds is 5. The van der Waals surface area contributed by atoms with Gasteiger partial charge in [-0.15, -0.1) is 0 Å². The predicted molar refractivity (Wildman–Crippen MR) is 92.7 cm³/mol. The first kappa shape index (κ1) is 18.0. The Morgan fingerprint density at radius 1 is 1.12 bits per heavy atom. The van der Waals surface area contributed by atoms with Crippen LogP contribution in [0.5, 0.6) is 5.75 Å². The van der Waals surface area contributed by atoms with Gasteiger partial charge in [0, 0.05) is 6.42 Å². The molecule has 3 aliphatic carbocycles. The quantitative estimate of drug-likeness (QED) is 0.341. The van der Waals surface area contributed by atoms with Crippen molar-refractivity contribution in [2.75, 3.05) is 0 Å². The van der Waals surface area contributed by atoms with Crippen molar-refractivity contribution >= 4 is 23.7 Å². The molecule has 0 aromatic heterocycles. The molecule has 4 rings (SSSR count). The molecule has 1 aromatic carbocycles.